The van der Waals surface area contributed by atoms with E-state index in [1.165, 1.54) is 0 Å². The van der Waals surface area contributed by atoms with Gasteiger partial charge in [0, 0.05) is 13.1 Å². The minimum Gasteiger partial charge on any atom is -0.354 e. The predicted molar refractivity (Wildman–Crippen MR) is 89.7 cm³/mol. The van der Waals surface area contributed by atoms with Gasteiger partial charge < -0.3 is 10.6 Å². The van der Waals surface area contributed by atoms with Crippen LogP contribution in [0.1, 0.15) is 47.3 Å². The molecule has 120 valence electrons. The number of carbonyl (C=O) groups is 1. The van der Waals surface area contributed by atoms with Gasteiger partial charge in [0.15, 0.2) is 11.5 Å². The van der Waals surface area contributed by atoms with Crippen LogP contribution in [0.5, 0.6) is 0 Å². The highest BCUT2D eigenvalue weighted by Crippen LogP contribution is 2.22. The number of anilines is 2. The zero-order valence-electron chi connectivity index (χ0n) is 13.7. The number of nitrogens with one attached hydrogen (secondary N) is 2. The van der Waals surface area contributed by atoms with E-state index in [0.717, 1.165) is 11.3 Å². The average Bonchev–Trinajstić information content (AvgIpc) is 2.53. The van der Waals surface area contributed by atoms with Gasteiger partial charge in [0.25, 0.3) is 5.91 Å². The molecule has 0 aromatic carbocycles. The topological polar surface area (TPSA) is 92.7 Å². The Balaban J connectivity index is 2.37. The second-order valence-corrected chi connectivity index (χ2v) is 5.32. The first kappa shape index (κ1) is 16.5. The maximum Gasteiger partial charge on any atom is 0.271 e. The first-order chi connectivity index (χ1) is 10.9. The van der Waals surface area contributed by atoms with Crippen LogP contribution in [0.4, 0.5) is 11.6 Å². The molecular weight excluding hydrogens is 292 g/mol. The van der Waals surface area contributed by atoms with Crippen molar-refractivity contribution in [3.63, 3.8) is 0 Å². The van der Waals surface area contributed by atoms with Crippen molar-refractivity contribution < 1.29 is 4.79 Å². The summed E-state index contributed by atoms with van der Waals surface area (Å²) in [6, 6.07) is 3.58. The monoisotopic (exact) mass is 312 g/mol. The second-order valence-electron chi connectivity index (χ2n) is 5.32. The molecule has 0 fully saturated rings. The maximum absolute atomic E-state index is 11.9. The molecule has 0 aliphatic rings. The van der Waals surface area contributed by atoms with Gasteiger partial charge in [0.05, 0.1) is 5.69 Å². The van der Waals surface area contributed by atoms with Gasteiger partial charge in [-0.2, -0.15) is 0 Å². The molecule has 7 heteroatoms. The number of amides is 1. The van der Waals surface area contributed by atoms with Crippen LogP contribution in [-0.4, -0.2) is 33.1 Å². The van der Waals surface area contributed by atoms with E-state index in [0.29, 0.717) is 23.2 Å². The zero-order chi connectivity index (χ0) is 17.0. The van der Waals surface area contributed by atoms with Crippen molar-refractivity contribution in [1.29, 1.82) is 0 Å². The van der Waals surface area contributed by atoms with Crippen LogP contribution in [0.3, 0.4) is 0 Å². The highest BCUT2D eigenvalue weighted by Gasteiger charge is 2.16. The quantitative estimate of drug-likeness (QED) is 0.881. The normalized spacial score (nSPS) is 10.5. The Bertz CT molecular complexity index is 741. The van der Waals surface area contributed by atoms with Crippen molar-refractivity contribution in [1.82, 2.24) is 25.5 Å². The average molecular weight is 312 g/mol. The fourth-order valence-electron chi connectivity index (χ4n) is 2.09. The van der Waals surface area contributed by atoms with Crippen molar-refractivity contribution in [3.05, 3.63) is 41.5 Å². The molecule has 23 heavy (non-hydrogen) atoms. The number of rotatable bonds is 5. The highest BCUT2D eigenvalue weighted by molar-refractivity contribution is 5.93. The molecule has 0 bridgehead atoms. The molecule has 2 aromatic heterocycles. The largest absolute Gasteiger partial charge is 0.354 e. The van der Waals surface area contributed by atoms with E-state index < -0.39 is 0 Å². The van der Waals surface area contributed by atoms with Gasteiger partial charge >= 0.3 is 0 Å². The summed E-state index contributed by atoms with van der Waals surface area (Å²) >= 11 is 0. The third-order valence-electron chi connectivity index (χ3n) is 3.21. The molecule has 0 spiro atoms. The molecule has 2 aromatic rings. The third kappa shape index (κ3) is 3.88. The molecule has 0 unspecified atom stereocenters. The molecule has 1 amide bonds. The van der Waals surface area contributed by atoms with E-state index in [9.17, 15) is 4.79 Å². The van der Waals surface area contributed by atoms with Gasteiger partial charge in [-0.15, -0.1) is 10.2 Å². The summed E-state index contributed by atoms with van der Waals surface area (Å²) in [5.41, 5.74) is 1.87. The minimum absolute atomic E-state index is 0.134. The number of nitrogens with zero attached hydrogens (tertiary/aromatic N) is 4. The lowest BCUT2D eigenvalue weighted by Crippen LogP contribution is -2.22. The molecule has 0 saturated carbocycles. The summed E-state index contributed by atoms with van der Waals surface area (Å²) in [4.78, 5) is 20.4. The predicted octanol–water partition coefficient (Wildman–Crippen LogP) is 2.44. The summed E-state index contributed by atoms with van der Waals surface area (Å²) in [7, 11) is 1.57. The van der Waals surface area contributed by atoms with Crippen LogP contribution in [-0.2, 0) is 0 Å². The maximum atomic E-state index is 11.9. The molecule has 0 radical (unpaired) electrons. The Morgan fingerprint density at radius 2 is 1.96 bits per heavy atom. The fraction of sp³-hybridized carbons (Fsp3) is 0.312. The van der Waals surface area contributed by atoms with E-state index in [4.69, 9.17) is 0 Å². The zero-order valence-corrected chi connectivity index (χ0v) is 13.7. The number of hydrogen-bond donors (Lipinski definition) is 2. The fourth-order valence-corrected chi connectivity index (χ4v) is 2.09. The van der Waals surface area contributed by atoms with Gasteiger partial charge in [-0.25, -0.2) is 9.97 Å². The van der Waals surface area contributed by atoms with Gasteiger partial charge in [-0.1, -0.05) is 20.4 Å². The van der Waals surface area contributed by atoms with Gasteiger partial charge in [-0.05, 0) is 30.5 Å². The Kier molecular flexibility index (Phi) is 5.00. The summed E-state index contributed by atoms with van der Waals surface area (Å²) < 4.78 is 0. The lowest BCUT2D eigenvalue weighted by atomic mass is 10.0. The SMILES string of the molecule is C=Cc1cc(Nc2cc(C(C)C)c(C(=O)NC)nn2)nc(C)n1. The van der Waals surface area contributed by atoms with Crippen molar-refractivity contribution in [2.45, 2.75) is 26.7 Å². The number of carbonyl (C=O) groups excluding carboxylic acids is 1. The van der Waals surface area contributed by atoms with Crippen molar-refractivity contribution >= 4 is 23.6 Å². The lowest BCUT2D eigenvalue weighted by molar-refractivity contribution is 0.0955. The van der Waals surface area contributed by atoms with Crippen LogP contribution in [0.25, 0.3) is 6.08 Å². The summed E-state index contributed by atoms with van der Waals surface area (Å²) in [6.07, 6.45) is 1.65. The van der Waals surface area contributed by atoms with Crippen LogP contribution in [0, 0.1) is 6.92 Å². The van der Waals surface area contributed by atoms with E-state index >= 15 is 0 Å². The van der Waals surface area contributed by atoms with Crippen LogP contribution >= 0.6 is 0 Å². The highest BCUT2D eigenvalue weighted by atomic mass is 16.1. The Morgan fingerprint density at radius 3 is 2.57 bits per heavy atom. The van der Waals surface area contributed by atoms with E-state index in [-0.39, 0.29) is 11.8 Å². The summed E-state index contributed by atoms with van der Waals surface area (Å²) in [5, 5.41) is 13.8. The van der Waals surface area contributed by atoms with Crippen LogP contribution < -0.4 is 10.6 Å². The number of aromatic nitrogens is 4. The summed E-state index contributed by atoms with van der Waals surface area (Å²) in [5.74, 6) is 1.64. The summed E-state index contributed by atoms with van der Waals surface area (Å²) in [6.45, 7) is 9.51. The molecule has 0 aliphatic heterocycles. The molecule has 2 N–H and O–H groups in total. The smallest absolute Gasteiger partial charge is 0.271 e. The first-order valence-corrected chi connectivity index (χ1v) is 7.29. The van der Waals surface area contributed by atoms with Gasteiger partial charge in [0.1, 0.15) is 11.6 Å². The van der Waals surface area contributed by atoms with Gasteiger partial charge in [0.2, 0.25) is 0 Å². The van der Waals surface area contributed by atoms with Crippen molar-refractivity contribution in [2.75, 3.05) is 12.4 Å². The molecule has 0 aliphatic carbocycles. The second kappa shape index (κ2) is 6.95. The molecular formula is C16H20N6O. The van der Waals surface area contributed by atoms with E-state index in [1.807, 2.05) is 19.9 Å². The van der Waals surface area contributed by atoms with E-state index in [1.54, 1.807) is 26.1 Å². The molecule has 2 rings (SSSR count). The van der Waals surface area contributed by atoms with Crippen LogP contribution in [0.2, 0.25) is 0 Å². The Labute approximate surface area is 135 Å². The lowest BCUT2D eigenvalue weighted by Gasteiger charge is -2.12. The minimum atomic E-state index is -0.250. The van der Waals surface area contributed by atoms with E-state index in [2.05, 4.69) is 37.4 Å². The molecule has 2 heterocycles. The Morgan fingerprint density at radius 1 is 1.22 bits per heavy atom. The number of aryl methyl sites for hydroxylation is 1. The molecule has 7 nitrogen and oxygen atoms in total. The van der Waals surface area contributed by atoms with Crippen LogP contribution in [0.15, 0.2) is 18.7 Å². The standard InChI is InChI=1S/C16H20N6O/c1-6-11-7-13(19-10(4)18-11)20-14-8-12(9(2)3)15(22-21-14)16(23)17-5/h6-9H,1H2,2-5H3,(H,17,23)(H,18,19,20,21). The van der Waals surface area contributed by atoms with Crippen molar-refractivity contribution in [3.8, 4) is 0 Å². The third-order valence-corrected chi connectivity index (χ3v) is 3.21. The first-order valence-electron chi connectivity index (χ1n) is 7.29. The molecule has 0 atom stereocenters. The van der Waals surface area contributed by atoms with Crippen molar-refractivity contribution in [2.24, 2.45) is 0 Å². The Hall–Kier alpha value is -2.83. The number of hydrogen-bond acceptors (Lipinski definition) is 6. The molecule has 0 saturated heterocycles. The van der Waals surface area contributed by atoms with Gasteiger partial charge in [-0.3, -0.25) is 4.79 Å².